The van der Waals surface area contributed by atoms with Crippen molar-refractivity contribution in [2.45, 2.75) is 30.9 Å². The molecule has 0 aliphatic carbocycles. The Morgan fingerprint density at radius 2 is 2.33 bits per heavy atom. The summed E-state index contributed by atoms with van der Waals surface area (Å²) in [4.78, 5) is 0. The highest BCUT2D eigenvalue weighted by molar-refractivity contribution is 5.03. The first-order valence-corrected chi connectivity index (χ1v) is 6.14. The predicted molar refractivity (Wildman–Crippen MR) is 65.6 cm³/mol. The van der Waals surface area contributed by atoms with E-state index in [0.717, 1.165) is 18.5 Å². The highest BCUT2D eigenvalue weighted by Crippen LogP contribution is 2.29. The second kappa shape index (κ2) is 5.75. The van der Waals surface area contributed by atoms with Crippen molar-refractivity contribution in [2.75, 3.05) is 20.3 Å². The molecule has 2 rings (SSSR count). The van der Waals surface area contributed by atoms with E-state index < -0.39 is 0 Å². The van der Waals surface area contributed by atoms with Crippen LogP contribution < -0.4 is 11.3 Å². The largest absolute Gasteiger partial charge is 0.381 e. The minimum atomic E-state index is -0.287. The summed E-state index contributed by atoms with van der Waals surface area (Å²) in [5, 5.41) is 8.02. The minimum Gasteiger partial charge on any atom is -0.381 e. The van der Waals surface area contributed by atoms with Crippen molar-refractivity contribution in [3.05, 3.63) is 11.9 Å². The number of aromatic nitrogens is 3. The molecular weight excluding hydrogens is 234 g/mol. The van der Waals surface area contributed by atoms with Gasteiger partial charge in [-0.2, -0.15) is 0 Å². The molecule has 1 fully saturated rings. The van der Waals surface area contributed by atoms with E-state index in [-0.39, 0.29) is 11.6 Å². The summed E-state index contributed by atoms with van der Waals surface area (Å²) in [6.07, 6.45) is 4.25. The van der Waals surface area contributed by atoms with Crippen molar-refractivity contribution in [2.24, 2.45) is 12.9 Å². The maximum Gasteiger partial charge on any atom is 0.0891 e. The Morgan fingerprint density at radius 3 is 2.83 bits per heavy atom. The average molecular weight is 255 g/mol. The third-order valence-electron chi connectivity index (χ3n) is 3.65. The number of nitrogens with zero attached hydrogens (tertiary/aromatic N) is 3. The molecular formula is C11H21N5O2. The van der Waals surface area contributed by atoms with Gasteiger partial charge in [0.25, 0.3) is 0 Å². The van der Waals surface area contributed by atoms with Gasteiger partial charge < -0.3 is 9.47 Å². The van der Waals surface area contributed by atoms with Crippen molar-refractivity contribution in [3.8, 4) is 0 Å². The molecule has 1 aliphatic heterocycles. The summed E-state index contributed by atoms with van der Waals surface area (Å²) in [7, 11) is 3.58. The number of hydrogen-bond acceptors (Lipinski definition) is 6. The average Bonchev–Trinajstić information content (AvgIpc) is 2.82. The summed E-state index contributed by atoms with van der Waals surface area (Å²) >= 11 is 0. The van der Waals surface area contributed by atoms with Crippen LogP contribution in [0.5, 0.6) is 0 Å². The zero-order chi connectivity index (χ0) is 13.0. The normalized spacial score (nSPS) is 20.8. The molecule has 2 heterocycles. The van der Waals surface area contributed by atoms with E-state index in [9.17, 15) is 0 Å². The summed E-state index contributed by atoms with van der Waals surface area (Å²) in [5.41, 5.74) is 3.48. The van der Waals surface area contributed by atoms with Gasteiger partial charge >= 0.3 is 0 Å². The first-order valence-electron chi connectivity index (χ1n) is 6.14. The van der Waals surface area contributed by atoms with Crippen LogP contribution in [0, 0.1) is 0 Å². The number of nitrogens with one attached hydrogen (secondary N) is 1. The molecule has 0 spiro atoms. The molecule has 1 aromatic heterocycles. The van der Waals surface area contributed by atoms with Gasteiger partial charge in [0, 0.05) is 52.8 Å². The Bertz CT molecular complexity index is 375. The minimum absolute atomic E-state index is 0.00287. The second-order valence-corrected chi connectivity index (χ2v) is 4.69. The monoisotopic (exact) mass is 255 g/mol. The maximum absolute atomic E-state index is 5.73. The van der Waals surface area contributed by atoms with Gasteiger partial charge in [0.15, 0.2) is 0 Å². The Hall–Kier alpha value is -1.02. The lowest BCUT2D eigenvalue weighted by molar-refractivity contribution is -0.110. The lowest BCUT2D eigenvalue weighted by atomic mass is 9.84. The van der Waals surface area contributed by atoms with Gasteiger partial charge in [-0.3, -0.25) is 16.0 Å². The lowest BCUT2D eigenvalue weighted by Gasteiger charge is -2.41. The van der Waals surface area contributed by atoms with Crippen LogP contribution in [0.25, 0.3) is 0 Å². The number of aryl methyl sites for hydroxylation is 1. The molecule has 1 aromatic rings. The molecule has 102 valence electrons. The van der Waals surface area contributed by atoms with E-state index in [2.05, 4.69) is 15.7 Å². The highest BCUT2D eigenvalue weighted by atomic mass is 16.5. The summed E-state index contributed by atoms with van der Waals surface area (Å²) in [6, 6.07) is 0.00287. The van der Waals surface area contributed by atoms with Crippen LogP contribution in [0.1, 0.15) is 18.5 Å². The predicted octanol–water partition coefficient (Wildman–Crippen LogP) is -0.615. The van der Waals surface area contributed by atoms with Crippen LogP contribution in [0.4, 0.5) is 0 Å². The topological polar surface area (TPSA) is 87.2 Å². The Kier molecular flexibility index (Phi) is 4.28. The standard InChI is InChI=1S/C11H21N5O2/c1-16-8-9(14-15-16)7-10(13-12)11(17-2)3-5-18-6-4-11/h8,10,13H,3-7,12H2,1-2H3. The zero-order valence-electron chi connectivity index (χ0n) is 10.9. The molecule has 1 unspecified atom stereocenters. The van der Waals surface area contributed by atoms with Crippen molar-refractivity contribution in [3.63, 3.8) is 0 Å². The molecule has 0 amide bonds. The van der Waals surface area contributed by atoms with Crippen molar-refractivity contribution in [1.29, 1.82) is 0 Å². The highest BCUT2D eigenvalue weighted by Gasteiger charge is 2.40. The van der Waals surface area contributed by atoms with E-state index in [1.807, 2.05) is 13.2 Å². The molecule has 18 heavy (non-hydrogen) atoms. The second-order valence-electron chi connectivity index (χ2n) is 4.69. The van der Waals surface area contributed by atoms with Crippen LogP contribution >= 0.6 is 0 Å². The Labute approximate surface area is 107 Å². The Balaban J connectivity index is 2.10. The van der Waals surface area contributed by atoms with Gasteiger partial charge in [-0.15, -0.1) is 5.10 Å². The molecule has 7 heteroatoms. The van der Waals surface area contributed by atoms with Crippen LogP contribution in [-0.2, 0) is 22.9 Å². The lowest BCUT2D eigenvalue weighted by Crippen LogP contribution is -2.58. The van der Waals surface area contributed by atoms with E-state index in [0.29, 0.717) is 19.6 Å². The van der Waals surface area contributed by atoms with Crippen LogP contribution in [0.3, 0.4) is 0 Å². The van der Waals surface area contributed by atoms with Crippen molar-refractivity contribution in [1.82, 2.24) is 20.4 Å². The number of hydrazine groups is 1. The third kappa shape index (κ3) is 2.69. The van der Waals surface area contributed by atoms with Gasteiger partial charge in [-0.25, -0.2) is 0 Å². The zero-order valence-corrected chi connectivity index (χ0v) is 10.9. The van der Waals surface area contributed by atoms with Gasteiger partial charge in [-0.1, -0.05) is 5.21 Å². The van der Waals surface area contributed by atoms with Crippen LogP contribution in [-0.4, -0.2) is 47.0 Å². The molecule has 0 radical (unpaired) electrons. The molecule has 3 N–H and O–H groups in total. The molecule has 1 aliphatic rings. The van der Waals surface area contributed by atoms with E-state index >= 15 is 0 Å². The number of nitrogens with two attached hydrogens (primary N) is 1. The van der Waals surface area contributed by atoms with Crippen LogP contribution in [0.15, 0.2) is 6.20 Å². The van der Waals surface area contributed by atoms with E-state index in [1.165, 1.54) is 0 Å². The number of hydrogen-bond donors (Lipinski definition) is 2. The SMILES string of the molecule is COC1(C(Cc2cn(C)nn2)NN)CCOCC1. The van der Waals surface area contributed by atoms with Crippen molar-refractivity contribution >= 4 is 0 Å². The fourth-order valence-corrected chi connectivity index (χ4v) is 2.51. The first kappa shape index (κ1) is 13.4. The van der Waals surface area contributed by atoms with Gasteiger partial charge in [0.2, 0.25) is 0 Å². The Morgan fingerprint density at radius 1 is 1.61 bits per heavy atom. The molecule has 0 aromatic carbocycles. The fourth-order valence-electron chi connectivity index (χ4n) is 2.51. The van der Waals surface area contributed by atoms with Crippen molar-refractivity contribution < 1.29 is 9.47 Å². The summed E-state index contributed by atoms with van der Waals surface area (Å²) < 4.78 is 12.8. The number of ether oxygens (including phenoxy) is 2. The summed E-state index contributed by atoms with van der Waals surface area (Å²) in [6.45, 7) is 1.40. The van der Waals surface area contributed by atoms with Gasteiger partial charge in [0.05, 0.1) is 17.3 Å². The van der Waals surface area contributed by atoms with E-state index in [1.54, 1.807) is 11.8 Å². The molecule has 7 nitrogen and oxygen atoms in total. The quantitative estimate of drug-likeness (QED) is 0.539. The summed E-state index contributed by atoms with van der Waals surface area (Å²) in [5.74, 6) is 5.69. The smallest absolute Gasteiger partial charge is 0.0891 e. The molecule has 1 atom stereocenters. The fraction of sp³-hybridized carbons (Fsp3) is 0.818. The maximum atomic E-state index is 5.73. The number of methoxy groups -OCH3 is 1. The number of rotatable bonds is 5. The van der Waals surface area contributed by atoms with Gasteiger partial charge in [-0.05, 0) is 0 Å². The van der Waals surface area contributed by atoms with E-state index in [4.69, 9.17) is 15.3 Å². The molecule has 0 saturated carbocycles. The molecule has 1 saturated heterocycles. The van der Waals surface area contributed by atoms with Gasteiger partial charge in [0.1, 0.15) is 0 Å². The molecule has 0 bridgehead atoms. The first-order chi connectivity index (χ1) is 8.70. The third-order valence-corrected chi connectivity index (χ3v) is 3.65. The van der Waals surface area contributed by atoms with Crippen LogP contribution in [0.2, 0.25) is 0 Å².